The van der Waals surface area contributed by atoms with E-state index in [0.717, 1.165) is 11.6 Å². The average molecular weight is 311 g/mol. The van der Waals surface area contributed by atoms with Gasteiger partial charge in [0.25, 0.3) is 0 Å². The maximum absolute atomic E-state index is 12.8. The lowest BCUT2D eigenvalue weighted by Gasteiger charge is -2.40. The van der Waals surface area contributed by atoms with Crippen LogP contribution in [0.1, 0.15) is 26.3 Å². The lowest BCUT2D eigenvalue weighted by molar-refractivity contribution is 0.364. The van der Waals surface area contributed by atoms with Crippen LogP contribution >= 0.6 is 10.2 Å². The van der Waals surface area contributed by atoms with Gasteiger partial charge in [-0.2, -0.15) is 0 Å². The number of nitrogens with zero attached hydrogens (tertiary/aromatic N) is 1. The number of benzene rings is 1. The van der Waals surface area contributed by atoms with Crippen molar-refractivity contribution in [2.45, 2.75) is 31.1 Å². The Hall–Kier alpha value is -1.37. The van der Waals surface area contributed by atoms with Gasteiger partial charge in [0.2, 0.25) is 0 Å². The van der Waals surface area contributed by atoms with Gasteiger partial charge in [-0.05, 0) is 29.2 Å². The minimum Gasteiger partial charge on any atom is -0.256 e. The number of aromatic nitrogens is 1. The van der Waals surface area contributed by atoms with E-state index in [-0.39, 0.29) is 10.9 Å². The monoisotopic (exact) mass is 311 g/mol. The largest absolute Gasteiger partial charge is 0.310 e. The van der Waals surface area contributed by atoms with Gasteiger partial charge in [0.15, 0.2) is 0 Å². The quantitative estimate of drug-likeness (QED) is 0.572. The predicted octanol–water partition coefficient (Wildman–Crippen LogP) is 6.19. The molecule has 1 nitrogen and oxygen atoms in total. The summed E-state index contributed by atoms with van der Waals surface area (Å²) in [6.45, 7) is 5.67. The summed E-state index contributed by atoms with van der Waals surface area (Å²) in [6.07, 6.45) is 1.33. The molecule has 20 heavy (non-hydrogen) atoms. The highest BCUT2D eigenvalue weighted by Gasteiger charge is 2.65. The summed E-state index contributed by atoms with van der Waals surface area (Å²) in [5.41, 5.74) is 0.358. The number of pyridine rings is 1. The third-order valence-corrected chi connectivity index (χ3v) is 4.11. The topological polar surface area (TPSA) is 12.9 Å². The summed E-state index contributed by atoms with van der Waals surface area (Å²) in [6, 6.07) is 3.60. The maximum Gasteiger partial charge on any atom is 0.310 e. The summed E-state index contributed by atoms with van der Waals surface area (Å²) >= 11 is 0. The third kappa shape index (κ3) is 2.87. The van der Waals surface area contributed by atoms with E-state index >= 15 is 0 Å². The number of hydrogen-bond donors (Lipinski definition) is 0. The standard InChI is InChI=1S/C13H14F5NS/c1-13(2,3)11-6-7-19-12-8-9(4-5-10(11)12)20(14,15,16,17)18/h4-8H,1-3H3. The molecule has 1 aromatic heterocycles. The van der Waals surface area contributed by atoms with Crippen LogP contribution < -0.4 is 0 Å². The van der Waals surface area contributed by atoms with Crippen LogP contribution in [0.4, 0.5) is 19.4 Å². The van der Waals surface area contributed by atoms with Crippen molar-refractivity contribution in [1.82, 2.24) is 4.98 Å². The van der Waals surface area contributed by atoms with Crippen LogP contribution in [0.15, 0.2) is 35.4 Å². The van der Waals surface area contributed by atoms with E-state index < -0.39 is 15.1 Å². The van der Waals surface area contributed by atoms with Crippen molar-refractivity contribution in [3.8, 4) is 0 Å². The van der Waals surface area contributed by atoms with Crippen LogP contribution in [0.3, 0.4) is 0 Å². The average Bonchev–Trinajstić information content (AvgIpc) is 2.23. The molecular weight excluding hydrogens is 297 g/mol. The van der Waals surface area contributed by atoms with Crippen LogP contribution in [0.25, 0.3) is 10.9 Å². The van der Waals surface area contributed by atoms with Crippen molar-refractivity contribution in [1.29, 1.82) is 0 Å². The Kier molecular flexibility index (Phi) is 2.59. The first kappa shape index (κ1) is 15.0. The Labute approximate surface area is 113 Å². The highest BCUT2D eigenvalue weighted by Crippen LogP contribution is 3.02. The molecule has 0 spiro atoms. The number of hydrogen-bond acceptors (Lipinski definition) is 1. The van der Waals surface area contributed by atoms with Gasteiger partial charge in [0.1, 0.15) is 4.90 Å². The van der Waals surface area contributed by atoms with E-state index in [2.05, 4.69) is 4.98 Å². The van der Waals surface area contributed by atoms with Crippen LogP contribution in [-0.4, -0.2) is 4.98 Å². The number of halogens is 5. The highest BCUT2D eigenvalue weighted by atomic mass is 32.5. The van der Waals surface area contributed by atoms with E-state index in [0.29, 0.717) is 17.5 Å². The van der Waals surface area contributed by atoms with Crippen molar-refractivity contribution in [2.75, 3.05) is 0 Å². The molecule has 0 saturated heterocycles. The molecule has 0 N–H and O–H groups in total. The molecule has 2 rings (SSSR count). The van der Waals surface area contributed by atoms with Crippen LogP contribution in [-0.2, 0) is 5.41 Å². The Morgan fingerprint density at radius 3 is 2.05 bits per heavy atom. The Bertz CT molecular complexity index is 685. The van der Waals surface area contributed by atoms with Crippen LogP contribution in [0, 0.1) is 0 Å². The van der Waals surface area contributed by atoms with Gasteiger partial charge in [0, 0.05) is 11.6 Å². The zero-order chi connectivity index (χ0) is 15.5. The van der Waals surface area contributed by atoms with Crippen molar-refractivity contribution in [3.05, 3.63) is 36.0 Å². The zero-order valence-electron chi connectivity index (χ0n) is 11.1. The van der Waals surface area contributed by atoms with E-state index in [1.165, 1.54) is 6.20 Å². The zero-order valence-corrected chi connectivity index (χ0v) is 11.9. The predicted molar refractivity (Wildman–Crippen MR) is 71.8 cm³/mol. The molecule has 7 heteroatoms. The van der Waals surface area contributed by atoms with E-state index in [4.69, 9.17) is 0 Å². The molecule has 2 aromatic rings. The number of fused-ring (bicyclic) bond motifs is 1. The van der Waals surface area contributed by atoms with Gasteiger partial charge in [-0.3, -0.25) is 4.98 Å². The molecule has 0 fully saturated rings. The van der Waals surface area contributed by atoms with Gasteiger partial charge < -0.3 is 0 Å². The Morgan fingerprint density at radius 1 is 0.950 bits per heavy atom. The molecular formula is C13H14F5NS. The van der Waals surface area contributed by atoms with E-state index in [1.807, 2.05) is 20.8 Å². The highest BCUT2D eigenvalue weighted by molar-refractivity contribution is 8.45. The molecule has 0 aliphatic rings. The van der Waals surface area contributed by atoms with Crippen molar-refractivity contribution < 1.29 is 19.4 Å². The van der Waals surface area contributed by atoms with E-state index in [9.17, 15) is 19.4 Å². The molecule has 0 unspecified atom stereocenters. The summed E-state index contributed by atoms with van der Waals surface area (Å²) < 4.78 is 63.9. The minimum atomic E-state index is -9.66. The maximum atomic E-state index is 12.8. The van der Waals surface area contributed by atoms with Gasteiger partial charge in [0.05, 0.1) is 5.52 Å². The molecule has 0 atom stereocenters. The first-order chi connectivity index (χ1) is 8.68. The van der Waals surface area contributed by atoms with Gasteiger partial charge in [-0.1, -0.05) is 46.3 Å². The number of rotatable bonds is 1. The van der Waals surface area contributed by atoms with Gasteiger partial charge in [-0.15, -0.1) is 0 Å². The fourth-order valence-corrected chi connectivity index (χ4v) is 2.68. The van der Waals surface area contributed by atoms with E-state index in [1.54, 1.807) is 6.07 Å². The minimum absolute atomic E-state index is 0.0804. The van der Waals surface area contributed by atoms with Crippen molar-refractivity contribution in [2.24, 2.45) is 0 Å². The lowest BCUT2D eigenvalue weighted by atomic mass is 9.85. The van der Waals surface area contributed by atoms with Gasteiger partial charge in [-0.25, -0.2) is 0 Å². The fraction of sp³-hybridized carbons (Fsp3) is 0.308. The second kappa shape index (κ2) is 3.44. The molecule has 0 radical (unpaired) electrons. The normalized spacial score (nSPS) is 16.8. The molecule has 0 aliphatic carbocycles. The second-order valence-corrected chi connectivity index (χ2v) is 8.17. The summed E-state index contributed by atoms with van der Waals surface area (Å²) in [7, 11) is -9.66. The van der Waals surface area contributed by atoms with Crippen LogP contribution in [0.2, 0.25) is 0 Å². The Morgan fingerprint density at radius 2 is 1.55 bits per heavy atom. The second-order valence-electron chi connectivity index (χ2n) is 5.76. The fourth-order valence-electron chi connectivity index (χ4n) is 2.02. The summed E-state index contributed by atoms with van der Waals surface area (Å²) in [5, 5.41) is 0.450. The van der Waals surface area contributed by atoms with Gasteiger partial charge >= 0.3 is 10.2 Å². The van der Waals surface area contributed by atoms with Crippen molar-refractivity contribution in [3.63, 3.8) is 0 Å². The molecule has 0 saturated carbocycles. The molecule has 1 aromatic carbocycles. The third-order valence-electron chi connectivity index (χ3n) is 2.97. The molecule has 1 heterocycles. The lowest BCUT2D eigenvalue weighted by Crippen LogP contribution is -2.12. The molecule has 0 bridgehead atoms. The van der Waals surface area contributed by atoms with Crippen molar-refractivity contribution >= 4 is 21.1 Å². The molecule has 0 amide bonds. The molecule has 0 aliphatic heterocycles. The smallest absolute Gasteiger partial charge is 0.256 e. The summed E-state index contributed by atoms with van der Waals surface area (Å²) in [4.78, 5) is 1.87. The molecule has 112 valence electrons. The summed E-state index contributed by atoms with van der Waals surface area (Å²) in [5.74, 6) is 0. The first-order valence-electron chi connectivity index (χ1n) is 5.82. The Balaban J connectivity index is 2.78. The SMILES string of the molecule is CC(C)(C)c1ccnc2cc(S(F)(F)(F)(F)F)ccc12. The first-order valence-corrected chi connectivity index (χ1v) is 7.77. The van der Waals surface area contributed by atoms with Crippen LogP contribution in [0.5, 0.6) is 0 Å².